The molecule has 0 unspecified atom stereocenters. The highest BCUT2D eigenvalue weighted by Crippen LogP contribution is 2.25. The fraction of sp³-hybridized carbons (Fsp3) is 0.348. The highest BCUT2D eigenvalue weighted by atomic mass is 16.4. The van der Waals surface area contributed by atoms with Crippen molar-refractivity contribution in [3.8, 4) is 0 Å². The molecule has 4 rings (SSSR count). The molecule has 3 aromatic carbocycles. The van der Waals surface area contributed by atoms with Gasteiger partial charge < -0.3 is 15.6 Å². The molecule has 0 amide bonds. The maximum Gasteiger partial charge on any atom is 0.0843 e. The summed E-state index contributed by atoms with van der Waals surface area (Å²) in [4.78, 5) is 10.8. The predicted molar refractivity (Wildman–Crippen MR) is 105 cm³/mol. The van der Waals surface area contributed by atoms with Gasteiger partial charge in [-0.2, -0.15) is 0 Å². The molecule has 0 spiro atoms. The van der Waals surface area contributed by atoms with Gasteiger partial charge in [0.2, 0.25) is 0 Å². The molecule has 1 fully saturated rings. The molecule has 1 saturated carbocycles. The molecule has 3 N–H and O–H groups in total. The number of carbonyl (C=O) groups excluding carboxylic acids is 1. The quantitative estimate of drug-likeness (QED) is 0.719. The number of benzene rings is 3. The van der Waals surface area contributed by atoms with Gasteiger partial charge >= 0.3 is 0 Å². The van der Waals surface area contributed by atoms with E-state index in [0.29, 0.717) is 6.04 Å². The van der Waals surface area contributed by atoms with E-state index in [1.165, 1.54) is 32.1 Å². The van der Waals surface area contributed by atoms with E-state index in [1.807, 2.05) is 36.4 Å². The molecule has 136 valence electrons. The van der Waals surface area contributed by atoms with Gasteiger partial charge in [-0.05, 0) is 65.1 Å². The summed E-state index contributed by atoms with van der Waals surface area (Å²) in [6.45, 7) is 2.25. The van der Waals surface area contributed by atoms with Gasteiger partial charge in [0.1, 0.15) is 0 Å². The first-order chi connectivity index (χ1) is 12.5. The van der Waals surface area contributed by atoms with Crippen molar-refractivity contribution in [2.45, 2.75) is 45.1 Å². The van der Waals surface area contributed by atoms with Crippen LogP contribution in [0.5, 0.6) is 0 Å². The third-order valence-electron chi connectivity index (χ3n) is 5.40. The smallest absolute Gasteiger partial charge is 0.0843 e. The molecule has 0 bridgehead atoms. The van der Waals surface area contributed by atoms with Crippen molar-refractivity contribution in [1.29, 1.82) is 0 Å². The van der Waals surface area contributed by atoms with Gasteiger partial charge in [0.05, 0.1) is 12.0 Å². The van der Waals surface area contributed by atoms with Gasteiger partial charge in [0.15, 0.2) is 0 Å². The van der Waals surface area contributed by atoms with Gasteiger partial charge in [-0.3, -0.25) is 0 Å². The number of quaternary nitrogens is 1. The van der Waals surface area contributed by atoms with Crippen molar-refractivity contribution in [2.24, 2.45) is 5.92 Å². The zero-order chi connectivity index (χ0) is 18.5. The fourth-order valence-electron chi connectivity index (χ4n) is 3.77. The Balaban J connectivity index is 0.000000185. The summed E-state index contributed by atoms with van der Waals surface area (Å²) in [5.74, 6) is -0.196. The van der Waals surface area contributed by atoms with Gasteiger partial charge in [-0.15, -0.1) is 0 Å². The van der Waals surface area contributed by atoms with Crippen LogP contribution in [0.1, 0.15) is 49.4 Å². The van der Waals surface area contributed by atoms with E-state index in [0.717, 1.165) is 27.5 Å². The first-order valence-electron chi connectivity index (χ1n) is 9.51. The van der Waals surface area contributed by atoms with Gasteiger partial charge in [0.25, 0.3) is 0 Å². The summed E-state index contributed by atoms with van der Waals surface area (Å²) >= 11 is 0. The number of carbonyl (C=O) groups is 1. The van der Waals surface area contributed by atoms with E-state index < -0.39 is 5.97 Å². The number of aromatic carboxylic acids is 1. The van der Waals surface area contributed by atoms with Crippen LogP contribution in [-0.2, 0) is 0 Å². The van der Waals surface area contributed by atoms with Crippen LogP contribution >= 0.6 is 0 Å². The normalized spacial score (nSPS) is 16.1. The predicted octanol–water partition coefficient (Wildman–Crippen LogP) is 3.55. The third kappa shape index (κ3) is 4.41. The van der Waals surface area contributed by atoms with Gasteiger partial charge in [-0.1, -0.05) is 55.7 Å². The Morgan fingerprint density at radius 3 is 2.04 bits per heavy atom. The van der Waals surface area contributed by atoms with Crippen molar-refractivity contribution >= 4 is 27.5 Å². The van der Waals surface area contributed by atoms with E-state index in [-0.39, 0.29) is 5.56 Å². The molecule has 0 aliphatic heterocycles. The Hall–Kier alpha value is -2.39. The standard InChI is InChI=1S/C15H10O2.C8H17N/c16-15(17)13-6-5-12-7-10-3-1-2-4-11(10)8-14(12)9-13;1-7(9)8-5-3-2-4-6-8/h1-9H,(H,16,17);7-8H,2-6,9H2,1H3/t;7-/m.0/s1. The number of hydrogen-bond donors (Lipinski definition) is 1. The Bertz CT molecular complexity index is 895. The van der Waals surface area contributed by atoms with E-state index in [4.69, 9.17) is 0 Å². The molecule has 0 saturated heterocycles. The van der Waals surface area contributed by atoms with Crippen LogP contribution < -0.4 is 10.8 Å². The third-order valence-corrected chi connectivity index (χ3v) is 5.40. The number of hydrogen-bond acceptors (Lipinski definition) is 2. The van der Waals surface area contributed by atoms with Gasteiger partial charge in [0, 0.05) is 5.92 Å². The minimum Gasteiger partial charge on any atom is -0.545 e. The molecule has 0 aromatic heterocycles. The highest BCUT2D eigenvalue weighted by Gasteiger charge is 2.18. The molecule has 3 nitrogen and oxygen atoms in total. The highest BCUT2D eigenvalue weighted by molar-refractivity contribution is 6.01. The molecular formula is C23H27NO2. The fourth-order valence-corrected chi connectivity index (χ4v) is 3.77. The number of rotatable bonds is 2. The Labute approximate surface area is 154 Å². The summed E-state index contributed by atoms with van der Waals surface area (Å²) < 4.78 is 0. The van der Waals surface area contributed by atoms with Crippen LogP contribution in [0.25, 0.3) is 21.5 Å². The number of carboxylic acid groups (broad SMARTS) is 1. The van der Waals surface area contributed by atoms with E-state index in [1.54, 1.807) is 12.1 Å². The Morgan fingerprint density at radius 2 is 1.50 bits per heavy atom. The average Bonchev–Trinajstić information content (AvgIpc) is 2.67. The molecular weight excluding hydrogens is 322 g/mol. The van der Waals surface area contributed by atoms with E-state index >= 15 is 0 Å². The zero-order valence-electron chi connectivity index (χ0n) is 15.4. The maximum atomic E-state index is 10.8. The molecule has 1 aliphatic carbocycles. The molecule has 26 heavy (non-hydrogen) atoms. The Morgan fingerprint density at radius 1 is 0.923 bits per heavy atom. The molecule has 3 heteroatoms. The van der Waals surface area contributed by atoms with Crippen LogP contribution in [0.4, 0.5) is 0 Å². The summed E-state index contributed by atoms with van der Waals surface area (Å²) in [6.07, 6.45) is 7.23. The topological polar surface area (TPSA) is 67.8 Å². The Kier molecular flexibility index (Phi) is 5.89. The van der Waals surface area contributed by atoms with E-state index in [2.05, 4.69) is 18.7 Å². The summed E-state index contributed by atoms with van der Waals surface area (Å²) in [5, 5.41) is 15.0. The average molecular weight is 349 g/mol. The van der Waals surface area contributed by atoms with Gasteiger partial charge in [-0.25, -0.2) is 0 Å². The van der Waals surface area contributed by atoms with Crippen molar-refractivity contribution < 1.29 is 15.6 Å². The van der Waals surface area contributed by atoms with Crippen LogP contribution in [0.3, 0.4) is 0 Å². The van der Waals surface area contributed by atoms with Crippen molar-refractivity contribution in [1.82, 2.24) is 0 Å². The van der Waals surface area contributed by atoms with Crippen molar-refractivity contribution in [3.05, 3.63) is 60.2 Å². The summed E-state index contributed by atoms with van der Waals surface area (Å²) in [5.41, 5.74) is 4.28. The SMILES string of the molecule is C[C@H]([NH3+])C1CCCCC1.O=C([O-])c1ccc2cc3ccccc3cc2c1. The number of carboxylic acids is 1. The molecule has 1 atom stereocenters. The summed E-state index contributed by atoms with van der Waals surface area (Å²) in [7, 11) is 0. The molecule has 0 heterocycles. The first-order valence-corrected chi connectivity index (χ1v) is 9.51. The lowest BCUT2D eigenvalue weighted by molar-refractivity contribution is -0.428. The second-order valence-corrected chi connectivity index (χ2v) is 7.42. The summed E-state index contributed by atoms with van der Waals surface area (Å²) in [6, 6.07) is 17.8. The monoisotopic (exact) mass is 349 g/mol. The van der Waals surface area contributed by atoms with E-state index in [9.17, 15) is 9.90 Å². The number of fused-ring (bicyclic) bond motifs is 2. The molecule has 3 aromatic rings. The second kappa shape index (κ2) is 8.33. The lowest BCUT2D eigenvalue weighted by atomic mass is 9.85. The van der Waals surface area contributed by atoms with Crippen LogP contribution in [0.2, 0.25) is 0 Å². The van der Waals surface area contributed by atoms with Crippen molar-refractivity contribution in [3.63, 3.8) is 0 Å². The zero-order valence-corrected chi connectivity index (χ0v) is 15.4. The van der Waals surface area contributed by atoms with Crippen LogP contribution in [0, 0.1) is 5.92 Å². The second-order valence-electron chi connectivity index (χ2n) is 7.42. The molecule has 0 radical (unpaired) electrons. The van der Waals surface area contributed by atoms with Crippen LogP contribution in [0.15, 0.2) is 54.6 Å². The van der Waals surface area contributed by atoms with Crippen LogP contribution in [-0.4, -0.2) is 12.0 Å². The maximum absolute atomic E-state index is 10.8. The minimum atomic E-state index is -1.14. The lowest BCUT2D eigenvalue weighted by Gasteiger charge is -2.22. The molecule has 1 aliphatic rings. The minimum absolute atomic E-state index is 0.216. The first kappa shape index (κ1) is 18.4. The largest absolute Gasteiger partial charge is 0.545 e. The lowest BCUT2D eigenvalue weighted by Crippen LogP contribution is -2.62. The van der Waals surface area contributed by atoms with Crippen molar-refractivity contribution in [2.75, 3.05) is 0 Å².